The van der Waals surface area contributed by atoms with E-state index in [-0.39, 0.29) is 11.6 Å². The number of hydrogen-bond donors (Lipinski definition) is 1. The highest BCUT2D eigenvalue weighted by Gasteiger charge is 2.30. The second kappa shape index (κ2) is 13.1. The van der Waals surface area contributed by atoms with Gasteiger partial charge in [0.25, 0.3) is 0 Å². The van der Waals surface area contributed by atoms with E-state index in [4.69, 9.17) is 5.73 Å². The van der Waals surface area contributed by atoms with Gasteiger partial charge in [-0.3, -0.25) is 0 Å². The maximum absolute atomic E-state index is 12.3. The zero-order valence-corrected chi connectivity index (χ0v) is 22.0. The van der Waals surface area contributed by atoms with E-state index in [1.807, 2.05) is 30.3 Å². The van der Waals surface area contributed by atoms with Gasteiger partial charge in [-0.2, -0.15) is 5.10 Å². The Labute approximate surface area is 229 Å². The number of benzene rings is 3. The van der Waals surface area contributed by atoms with Crippen LogP contribution in [-0.2, 0) is 6.42 Å². The Morgan fingerprint density at radius 3 is 2.51 bits per heavy atom. The predicted molar refractivity (Wildman–Crippen MR) is 154 cm³/mol. The zero-order chi connectivity index (χ0) is 27.7. The molecule has 4 rings (SSSR count). The van der Waals surface area contributed by atoms with Crippen LogP contribution in [-0.4, -0.2) is 42.2 Å². The normalized spacial score (nSPS) is 15.9. The Morgan fingerprint density at radius 2 is 1.79 bits per heavy atom. The number of hydrogen-bond acceptors (Lipinski definition) is 5. The molecule has 0 bridgehead atoms. The number of rotatable bonds is 8. The number of thioether (sulfide) groups is 1. The van der Waals surface area contributed by atoms with Gasteiger partial charge in [0.1, 0.15) is 17.9 Å². The number of aryl methyl sites for hydroxylation is 1. The van der Waals surface area contributed by atoms with E-state index in [1.165, 1.54) is 41.9 Å². The van der Waals surface area contributed by atoms with Gasteiger partial charge >= 0.3 is 6.36 Å². The Morgan fingerprint density at radius 1 is 1.05 bits per heavy atom. The van der Waals surface area contributed by atoms with E-state index < -0.39 is 6.36 Å². The first-order chi connectivity index (χ1) is 18.8. The molecule has 2 N–H and O–H groups in total. The van der Waals surface area contributed by atoms with Gasteiger partial charge in [-0.15, -0.1) is 18.3 Å². The van der Waals surface area contributed by atoms with E-state index in [9.17, 15) is 13.2 Å². The van der Waals surface area contributed by atoms with Crippen molar-refractivity contribution in [3.05, 3.63) is 89.5 Å². The summed E-state index contributed by atoms with van der Waals surface area (Å²) in [6, 6.07) is 20.8. The summed E-state index contributed by atoms with van der Waals surface area (Å²) in [5, 5.41) is 9.72. The molecule has 0 radical (unpaired) electrons. The monoisotopic (exact) mass is 552 g/mol. The van der Waals surface area contributed by atoms with E-state index in [2.05, 4.69) is 54.9 Å². The van der Waals surface area contributed by atoms with Crippen molar-refractivity contribution in [3.8, 4) is 5.75 Å². The van der Waals surface area contributed by atoms with Gasteiger partial charge in [0, 0.05) is 23.5 Å². The Hall–Kier alpha value is -4.12. The van der Waals surface area contributed by atoms with Gasteiger partial charge in [0.2, 0.25) is 0 Å². The van der Waals surface area contributed by atoms with Crippen LogP contribution >= 0.6 is 11.8 Å². The lowest BCUT2D eigenvalue weighted by Crippen LogP contribution is -2.34. The van der Waals surface area contributed by atoms with E-state index >= 15 is 0 Å². The van der Waals surface area contributed by atoms with Crippen LogP contribution in [0.3, 0.4) is 0 Å². The highest BCUT2D eigenvalue weighted by Crippen LogP contribution is 2.28. The third kappa shape index (κ3) is 8.18. The fourth-order valence-electron chi connectivity index (χ4n) is 3.79. The number of para-hydroxylation sites is 1. The van der Waals surface area contributed by atoms with Crippen molar-refractivity contribution >= 4 is 46.7 Å². The number of nitrogens with zero attached hydrogens (tertiary/aromatic N) is 5. The third-order valence-electron chi connectivity index (χ3n) is 5.68. The first-order valence-electron chi connectivity index (χ1n) is 12.2. The fraction of sp³-hybridized carbons (Fsp3) is 0.214. The summed E-state index contributed by atoms with van der Waals surface area (Å²) in [6.45, 7) is 3.06. The lowest BCUT2D eigenvalue weighted by Gasteiger charge is -2.30. The summed E-state index contributed by atoms with van der Waals surface area (Å²) in [5.74, 6) is 0.924. The number of aliphatic imine (C=N–C) groups is 2. The summed E-state index contributed by atoms with van der Waals surface area (Å²) in [5.41, 5.74) is 10.4. The number of anilines is 1. The molecule has 39 heavy (non-hydrogen) atoms. The minimum atomic E-state index is -4.74. The molecule has 3 aromatic carbocycles. The van der Waals surface area contributed by atoms with Crippen LogP contribution in [0.4, 0.5) is 24.5 Å². The summed E-state index contributed by atoms with van der Waals surface area (Å²) in [4.78, 5) is 10.4. The topological polar surface area (TPSA) is 87.9 Å². The average molecular weight is 553 g/mol. The summed E-state index contributed by atoms with van der Waals surface area (Å²) >= 11 is 1.70. The quantitative estimate of drug-likeness (QED) is 0.195. The van der Waals surface area contributed by atoms with Crippen LogP contribution < -0.4 is 15.4 Å². The second-order valence-corrected chi connectivity index (χ2v) is 9.45. The number of amidine groups is 2. The number of ether oxygens (including phenoxy) is 1. The van der Waals surface area contributed by atoms with Crippen molar-refractivity contribution in [2.45, 2.75) is 26.1 Å². The molecular formula is C28H27F3N6OS. The van der Waals surface area contributed by atoms with Gasteiger partial charge in [-0.1, -0.05) is 61.2 Å². The molecule has 1 heterocycles. The Bertz CT molecular complexity index is 1370. The highest BCUT2D eigenvalue weighted by atomic mass is 32.2. The van der Waals surface area contributed by atoms with Crippen molar-refractivity contribution in [3.63, 3.8) is 0 Å². The van der Waals surface area contributed by atoms with Gasteiger partial charge in [0.15, 0.2) is 5.17 Å². The summed E-state index contributed by atoms with van der Waals surface area (Å²) in [6.07, 6.45) is 0.229. The van der Waals surface area contributed by atoms with E-state index in [1.54, 1.807) is 18.0 Å². The Kier molecular flexibility index (Phi) is 9.37. The number of alkyl halides is 3. The van der Waals surface area contributed by atoms with Gasteiger partial charge < -0.3 is 15.4 Å². The zero-order valence-electron chi connectivity index (χ0n) is 21.2. The fourth-order valence-corrected chi connectivity index (χ4v) is 4.70. The van der Waals surface area contributed by atoms with Gasteiger partial charge in [0.05, 0.1) is 11.9 Å². The predicted octanol–water partition coefficient (Wildman–Crippen LogP) is 6.55. The van der Waals surface area contributed by atoms with Crippen LogP contribution in [0.2, 0.25) is 0 Å². The smallest absolute Gasteiger partial charge is 0.406 e. The van der Waals surface area contributed by atoms with Crippen molar-refractivity contribution in [2.75, 3.05) is 17.2 Å². The molecule has 1 saturated heterocycles. The van der Waals surface area contributed by atoms with Crippen molar-refractivity contribution in [1.29, 1.82) is 0 Å². The summed E-state index contributed by atoms with van der Waals surface area (Å²) in [7, 11) is 0. The molecule has 11 heteroatoms. The molecular weight excluding hydrogens is 525 g/mol. The SMILES string of the molecule is CCc1ccccc1N1CCCS/C1=N\N=C\c1ccc(C(N)=NC=Nc2ccc(OC(F)(F)F)cc2)cc1. The first kappa shape index (κ1) is 27.9. The van der Waals surface area contributed by atoms with Crippen LogP contribution in [0.25, 0.3) is 0 Å². The van der Waals surface area contributed by atoms with Crippen molar-refractivity contribution < 1.29 is 17.9 Å². The molecule has 0 aromatic heterocycles. The molecule has 1 fully saturated rings. The standard InChI is InChI=1S/C28H27F3N6OS/c1-2-21-6-3-4-7-25(21)37-16-5-17-39-27(37)36-35-18-20-8-10-22(11-9-20)26(32)34-19-33-23-12-14-24(15-13-23)38-28(29,30)31/h3-4,6-15,18-19H,2,5,16-17H2,1H3,(H2,32,33,34)/b35-18+,36-27-. The molecule has 3 aromatic rings. The molecule has 0 aliphatic carbocycles. The lowest BCUT2D eigenvalue weighted by molar-refractivity contribution is -0.274. The average Bonchev–Trinajstić information content (AvgIpc) is 2.94. The molecule has 0 spiro atoms. The molecule has 0 unspecified atom stereocenters. The molecule has 7 nitrogen and oxygen atoms in total. The van der Waals surface area contributed by atoms with Crippen LogP contribution in [0.15, 0.2) is 93.0 Å². The van der Waals surface area contributed by atoms with Crippen molar-refractivity contribution in [2.24, 2.45) is 25.9 Å². The minimum absolute atomic E-state index is 0.239. The number of nitrogens with two attached hydrogens (primary N) is 1. The van der Waals surface area contributed by atoms with Crippen LogP contribution in [0.1, 0.15) is 30.0 Å². The first-order valence-corrected chi connectivity index (χ1v) is 13.2. The molecule has 1 aliphatic rings. The molecule has 0 saturated carbocycles. The molecule has 0 atom stereocenters. The lowest BCUT2D eigenvalue weighted by atomic mass is 10.1. The maximum atomic E-state index is 12.3. The highest BCUT2D eigenvalue weighted by molar-refractivity contribution is 8.14. The molecule has 0 amide bonds. The van der Waals surface area contributed by atoms with Crippen LogP contribution in [0, 0.1) is 0 Å². The third-order valence-corrected chi connectivity index (χ3v) is 6.73. The second-order valence-electron chi connectivity index (χ2n) is 8.39. The molecule has 1 aliphatic heterocycles. The largest absolute Gasteiger partial charge is 0.573 e. The van der Waals surface area contributed by atoms with Crippen molar-refractivity contribution in [1.82, 2.24) is 0 Å². The maximum Gasteiger partial charge on any atom is 0.573 e. The van der Waals surface area contributed by atoms with E-state index in [0.29, 0.717) is 11.3 Å². The van der Waals surface area contributed by atoms with Gasteiger partial charge in [-0.05, 0) is 54.3 Å². The Balaban J connectivity index is 1.38. The van der Waals surface area contributed by atoms with Crippen LogP contribution in [0.5, 0.6) is 5.75 Å². The summed E-state index contributed by atoms with van der Waals surface area (Å²) < 4.78 is 40.6. The minimum Gasteiger partial charge on any atom is -0.406 e. The van der Waals surface area contributed by atoms with E-state index in [0.717, 1.165) is 35.9 Å². The van der Waals surface area contributed by atoms with Gasteiger partial charge in [-0.25, -0.2) is 9.98 Å². The number of halogens is 3. The molecule has 202 valence electrons.